The number of rotatable bonds is 44. The average Bonchev–Trinajstić information content (AvgIpc) is 3.18. The van der Waals surface area contributed by atoms with Crippen LogP contribution in [0.4, 0.5) is 0 Å². The smallest absolute Gasteiger partial charge is 0.326 e. The van der Waals surface area contributed by atoms with Crippen molar-refractivity contribution >= 4 is 88.8 Å². The molecule has 89 heavy (non-hydrogen) atoms. The second kappa shape index (κ2) is 40.8. The van der Waals surface area contributed by atoms with Gasteiger partial charge >= 0.3 is 5.97 Å². The molecule has 498 valence electrons. The second-order valence-corrected chi connectivity index (χ2v) is 20.9. The van der Waals surface area contributed by atoms with Gasteiger partial charge in [-0.2, -0.15) is 0 Å². The predicted octanol–water partition coefficient (Wildman–Crippen LogP) is -8.59. The van der Waals surface area contributed by atoms with Crippen LogP contribution in [0.1, 0.15) is 110 Å². The zero-order chi connectivity index (χ0) is 67.5. The molecule has 0 unspecified atom stereocenters. The van der Waals surface area contributed by atoms with Gasteiger partial charge in [-0.15, -0.1) is 0 Å². The van der Waals surface area contributed by atoms with E-state index in [0.29, 0.717) is 25.8 Å². The van der Waals surface area contributed by atoms with Crippen LogP contribution in [0.2, 0.25) is 0 Å². The SMILES string of the molecule is CC[C@H](C)[C@H](NC(=O)[C@H](CCC(N)=O)NC(=O)[C@H](CO)NC(=O)[C@H](CCCN=C(N)N)NC(=O)[C@H](Cc1ccc(O)cc1)NC(=O)[C@H](CCC(N)=O)NC(=O)[C@H](CC(N)=O)NC(=O)[C@H](C)NC(=O)[C@H](CCCN=C(N)N)NC(=O)[C@@H](N)CCCCN)C(=O)O. The molecule has 1 rings (SSSR count). The molecule has 11 atom stereocenters. The van der Waals surface area contributed by atoms with Crippen LogP contribution < -0.4 is 99.5 Å². The summed E-state index contributed by atoms with van der Waals surface area (Å²) in [6, 6.07) is -10.6. The minimum Gasteiger partial charge on any atom is -0.508 e. The van der Waals surface area contributed by atoms with E-state index in [-0.39, 0.29) is 68.4 Å². The van der Waals surface area contributed by atoms with Gasteiger partial charge < -0.3 is 115 Å². The third-order valence-electron chi connectivity index (χ3n) is 13.5. The van der Waals surface area contributed by atoms with Gasteiger partial charge in [0.2, 0.25) is 70.9 Å². The van der Waals surface area contributed by atoms with Crippen molar-refractivity contribution in [1.29, 1.82) is 0 Å². The van der Waals surface area contributed by atoms with Crippen LogP contribution in [-0.2, 0) is 68.7 Å². The van der Waals surface area contributed by atoms with E-state index in [1.165, 1.54) is 31.2 Å². The summed E-state index contributed by atoms with van der Waals surface area (Å²) in [6.45, 7) is 3.60. The van der Waals surface area contributed by atoms with Crippen LogP contribution in [0.25, 0.3) is 0 Å². The monoisotopic (exact) mass is 1260 g/mol. The Labute approximate surface area is 513 Å². The average molecular weight is 1260 g/mol. The van der Waals surface area contributed by atoms with Crippen molar-refractivity contribution in [2.75, 3.05) is 26.2 Å². The molecule has 0 aliphatic rings. The number of aliphatic hydroxyl groups excluding tert-OH is 1. The molecular formula is C53H90N20O16. The number of carbonyl (C=O) groups is 13. The highest BCUT2D eigenvalue weighted by Gasteiger charge is 2.36. The van der Waals surface area contributed by atoms with Crippen LogP contribution >= 0.6 is 0 Å². The first kappa shape index (κ1) is 77.6. The highest BCUT2D eigenvalue weighted by Crippen LogP contribution is 2.14. The maximum Gasteiger partial charge on any atom is 0.326 e. The number of aliphatic carboxylic acids is 1. The van der Waals surface area contributed by atoms with Gasteiger partial charge in [-0.3, -0.25) is 67.5 Å². The number of primary amides is 3. The first-order valence-electron chi connectivity index (χ1n) is 28.6. The number of unbranched alkanes of at least 4 members (excludes halogenated alkanes) is 1. The van der Waals surface area contributed by atoms with Gasteiger partial charge in [0.1, 0.15) is 60.1 Å². The Bertz CT molecular complexity index is 2640. The number of aliphatic hydroxyl groups is 1. The summed E-state index contributed by atoms with van der Waals surface area (Å²) < 4.78 is 0. The van der Waals surface area contributed by atoms with E-state index in [1.807, 2.05) is 0 Å². The lowest BCUT2D eigenvalue weighted by molar-refractivity contribution is -0.144. The van der Waals surface area contributed by atoms with Crippen molar-refractivity contribution in [3.8, 4) is 5.75 Å². The molecule has 30 N–H and O–H groups in total. The van der Waals surface area contributed by atoms with Crippen LogP contribution in [0.3, 0.4) is 0 Å². The topological polar surface area (TPSA) is 650 Å². The van der Waals surface area contributed by atoms with Gasteiger partial charge in [-0.05, 0) is 88.4 Å². The van der Waals surface area contributed by atoms with Gasteiger partial charge in [0.05, 0.1) is 19.1 Å². The minimum atomic E-state index is -1.88. The first-order valence-corrected chi connectivity index (χ1v) is 28.6. The number of guanidine groups is 2. The summed E-state index contributed by atoms with van der Waals surface area (Å²) in [5.41, 5.74) is 49.8. The number of amides is 12. The first-order chi connectivity index (χ1) is 41.8. The normalized spacial score (nSPS) is 14.6. The number of nitrogens with one attached hydrogen (secondary N) is 9. The van der Waals surface area contributed by atoms with Crippen LogP contribution in [0, 0.1) is 5.92 Å². The Kier molecular flexibility index (Phi) is 35.6. The number of phenols is 1. The Morgan fingerprint density at radius 1 is 0.483 bits per heavy atom. The van der Waals surface area contributed by atoms with Gasteiger partial charge in [0, 0.05) is 32.4 Å². The molecule has 0 spiro atoms. The number of aromatic hydroxyl groups is 1. The van der Waals surface area contributed by atoms with Crippen LogP contribution in [-0.4, -0.2) is 191 Å². The van der Waals surface area contributed by atoms with Crippen molar-refractivity contribution < 1.29 is 77.6 Å². The molecule has 36 nitrogen and oxygen atoms in total. The lowest BCUT2D eigenvalue weighted by Crippen LogP contribution is -2.61. The fourth-order valence-corrected chi connectivity index (χ4v) is 8.23. The quantitative estimate of drug-likeness (QED) is 0.0164. The van der Waals surface area contributed by atoms with Crippen molar-refractivity contribution in [3.05, 3.63) is 29.8 Å². The summed E-state index contributed by atoms with van der Waals surface area (Å²) >= 11 is 0. The van der Waals surface area contributed by atoms with E-state index in [4.69, 9.17) is 51.6 Å². The Hall–Kier alpha value is -9.45. The maximum atomic E-state index is 14.5. The zero-order valence-corrected chi connectivity index (χ0v) is 50.1. The molecule has 0 aliphatic heterocycles. The lowest BCUT2D eigenvalue weighted by atomic mass is 9.98. The molecule has 0 saturated carbocycles. The molecule has 0 fully saturated rings. The summed E-state index contributed by atoms with van der Waals surface area (Å²) in [4.78, 5) is 180. The highest BCUT2D eigenvalue weighted by atomic mass is 16.4. The number of nitrogens with two attached hydrogens (primary N) is 9. The summed E-state index contributed by atoms with van der Waals surface area (Å²) in [6.07, 6.45) is -1.93. The summed E-state index contributed by atoms with van der Waals surface area (Å²) in [5.74, 6) is -15.3. The summed E-state index contributed by atoms with van der Waals surface area (Å²) in [7, 11) is 0. The molecule has 0 aliphatic carbocycles. The third-order valence-corrected chi connectivity index (χ3v) is 13.5. The number of aliphatic imine (C=N–C) groups is 2. The number of hydrogen-bond donors (Lipinski definition) is 21. The van der Waals surface area contributed by atoms with Gasteiger partial charge in [0.15, 0.2) is 11.9 Å². The van der Waals surface area contributed by atoms with Gasteiger partial charge in [-0.25, -0.2) is 4.79 Å². The largest absolute Gasteiger partial charge is 0.508 e. The fraction of sp³-hybridized carbons (Fsp3) is 0.604. The number of benzene rings is 1. The zero-order valence-electron chi connectivity index (χ0n) is 50.1. The summed E-state index contributed by atoms with van der Waals surface area (Å²) in [5, 5.41) is 51.5. The van der Waals surface area contributed by atoms with E-state index in [2.05, 4.69) is 57.8 Å². The molecule has 0 aromatic heterocycles. The number of carboxylic acid groups (broad SMARTS) is 1. The molecule has 0 heterocycles. The van der Waals surface area contributed by atoms with Crippen molar-refractivity contribution in [2.24, 2.45) is 67.5 Å². The highest BCUT2D eigenvalue weighted by molar-refractivity contribution is 5.99. The Morgan fingerprint density at radius 3 is 1.33 bits per heavy atom. The fourth-order valence-electron chi connectivity index (χ4n) is 8.23. The molecule has 0 radical (unpaired) electrons. The third kappa shape index (κ3) is 31.2. The number of carboxylic acids is 1. The van der Waals surface area contributed by atoms with E-state index in [0.717, 1.165) is 0 Å². The van der Waals surface area contributed by atoms with Crippen LogP contribution in [0.5, 0.6) is 5.75 Å². The van der Waals surface area contributed by atoms with E-state index >= 15 is 0 Å². The molecular weight excluding hydrogens is 1170 g/mol. The van der Waals surface area contributed by atoms with E-state index in [9.17, 15) is 77.6 Å². The Balaban J connectivity index is 3.67. The Morgan fingerprint density at radius 2 is 0.888 bits per heavy atom. The van der Waals surface area contributed by atoms with Gasteiger partial charge in [-0.1, -0.05) is 38.8 Å². The molecule has 0 bridgehead atoms. The number of hydrogen-bond acceptors (Lipinski definition) is 19. The van der Waals surface area contributed by atoms with Crippen molar-refractivity contribution in [2.45, 2.75) is 171 Å². The second-order valence-electron chi connectivity index (χ2n) is 20.9. The molecule has 1 aromatic rings. The molecule has 12 amide bonds. The number of carbonyl (C=O) groups excluding carboxylic acids is 12. The maximum absolute atomic E-state index is 14.5. The number of nitrogens with zero attached hydrogens (tertiary/aromatic N) is 2. The van der Waals surface area contributed by atoms with Gasteiger partial charge in [0.25, 0.3) is 0 Å². The molecule has 0 saturated heterocycles. The minimum absolute atomic E-state index is 0.0365. The molecule has 36 heteroatoms. The standard InChI is InChI=1S/C53H90N20O16/c1-4-26(2)41(51(88)89)73-47(84)34(17-19-39(57)77)69-50(87)37(25-74)72-45(82)32(11-8-22-64-53(61)62)67-48(85)35(23-28-12-14-29(75)15-13-28)71-46(83)33(16-18-38(56)76)68-49(86)36(24-40(58)78)70-42(79)27(3)65-44(81)31(10-7-21-63-52(59)60)66-43(80)30(55)9-5-6-20-54/h12-15,26-27,30-37,41,74-75H,4-11,16-25,54-55H2,1-3H3,(H2,56,76)(H2,57,77)(H2,58,78)(H,65,81)(H,66,80)(H,67,85)(H,68,86)(H,69,87)(H,70,79)(H,71,83)(H,72,82)(H,73,84)(H,88,89)(H4,59,60,63)(H4,61,62,64)/t26-,27-,30-,31-,32-,33-,34-,35-,36-,37-,41-/m0/s1. The number of phenolic OH excluding ortho intramolecular Hbond substituents is 1. The predicted molar refractivity (Wildman–Crippen MR) is 320 cm³/mol. The molecule has 1 aromatic carbocycles. The van der Waals surface area contributed by atoms with Crippen molar-refractivity contribution in [1.82, 2.24) is 47.9 Å². The van der Waals surface area contributed by atoms with Crippen LogP contribution in [0.15, 0.2) is 34.3 Å². The van der Waals surface area contributed by atoms with E-state index in [1.54, 1.807) is 13.8 Å². The van der Waals surface area contributed by atoms with E-state index < -0.39 is 188 Å². The van der Waals surface area contributed by atoms with Crippen molar-refractivity contribution in [3.63, 3.8) is 0 Å². The lowest BCUT2D eigenvalue weighted by Gasteiger charge is -2.28.